The molecule has 0 atom stereocenters. The van der Waals surface area contributed by atoms with Crippen molar-refractivity contribution in [2.45, 2.75) is 19.8 Å². The van der Waals surface area contributed by atoms with Gasteiger partial charge in [0.15, 0.2) is 11.6 Å². The summed E-state index contributed by atoms with van der Waals surface area (Å²) >= 11 is 0. The number of halogens is 1. The molecule has 1 heterocycles. The van der Waals surface area contributed by atoms with E-state index in [-0.39, 0.29) is 11.8 Å². The number of nitrogens with zero attached hydrogens (tertiary/aromatic N) is 2. The molecular formula is C13H15FN4. The van der Waals surface area contributed by atoms with Crippen LogP contribution in [0, 0.1) is 5.82 Å². The average Bonchev–Trinajstić information content (AvgIpc) is 2.34. The molecule has 0 aliphatic heterocycles. The Bertz CT molecular complexity index is 537. The van der Waals surface area contributed by atoms with Crippen molar-refractivity contribution in [3.8, 4) is 0 Å². The summed E-state index contributed by atoms with van der Waals surface area (Å²) in [5.74, 6) is -0.00929. The zero-order chi connectivity index (χ0) is 13.1. The van der Waals surface area contributed by atoms with Gasteiger partial charge in [-0.25, -0.2) is 9.37 Å². The molecule has 0 saturated carbocycles. The number of hydrogen-bond donors (Lipinski definition) is 2. The maximum atomic E-state index is 12.9. The zero-order valence-corrected chi connectivity index (χ0v) is 10.3. The van der Waals surface area contributed by atoms with Crippen LogP contribution in [0.4, 0.5) is 21.8 Å². The molecule has 0 bridgehead atoms. The summed E-state index contributed by atoms with van der Waals surface area (Å²) in [7, 11) is 0. The van der Waals surface area contributed by atoms with Crippen LogP contribution in [0.1, 0.15) is 25.3 Å². The largest absolute Gasteiger partial charge is 0.381 e. The molecule has 3 N–H and O–H groups in total. The summed E-state index contributed by atoms with van der Waals surface area (Å²) in [5.41, 5.74) is 7.46. The van der Waals surface area contributed by atoms with Crippen molar-refractivity contribution in [1.29, 1.82) is 0 Å². The van der Waals surface area contributed by atoms with Gasteiger partial charge >= 0.3 is 0 Å². The van der Waals surface area contributed by atoms with Crippen molar-refractivity contribution in [1.82, 2.24) is 9.97 Å². The zero-order valence-electron chi connectivity index (χ0n) is 10.3. The molecule has 0 saturated heterocycles. The second-order valence-corrected chi connectivity index (χ2v) is 4.33. The molecule has 18 heavy (non-hydrogen) atoms. The fourth-order valence-electron chi connectivity index (χ4n) is 1.52. The highest BCUT2D eigenvalue weighted by Gasteiger charge is 2.04. The number of nitrogens with one attached hydrogen (secondary N) is 1. The molecule has 1 aromatic heterocycles. The summed E-state index contributed by atoms with van der Waals surface area (Å²) in [6.07, 6.45) is 1.05. The van der Waals surface area contributed by atoms with Gasteiger partial charge < -0.3 is 11.1 Å². The number of benzene rings is 1. The molecule has 0 radical (unpaired) electrons. The fraction of sp³-hybridized carbons (Fsp3) is 0.231. The third-order valence-corrected chi connectivity index (χ3v) is 2.60. The third-order valence-electron chi connectivity index (χ3n) is 2.60. The maximum Gasteiger partial charge on any atom is 0.229 e. The molecule has 0 unspecified atom stereocenters. The smallest absolute Gasteiger partial charge is 0.229 e. The van der Waals surface area contributed by atoms with Crippen LogP contribution >= 0.6 is 0 Å². The van der Waals surface area contributed by atoms with E-state index < -0.39 is 5.82 Å². The second kappa shape index (κ2) is 5.00. The SMILES string of the molecule is CC(C)c1ccc(Nc2ncc(F)c(N)n2)cc1. The van der Waals surface area contributed by atoms with E-state index in [1.807, 2.05) is 24.3 Å². The molecule has 94 valence electrons. The predicted molar refractivity (Wildman–Crippen MR) is 70.2 cm³/mol. The van der Waals surface area contributed by atoms with Gasteiger partial charge in [-0.05, 0) is 23.6 Å². The topological polar surface area (TPSA) is 63.8 Å². The number of anilines is 3. The summed E-state index contributed by atoms with van der Waals surface area (Å²) < 4.78 is 12.9. The van der Waals surface area contributed by atoms with Gasteiger partial charge in [0, 0.05) is 5.69 Å². The summed E-state index contributed by atoms with van der Waals surface area (Å²) in [4.78, 5) is 7.62. The number of nitrogen functional groups attached to an aromatic ring is 1. The Kier molecular flexibility index (Phi) is 3.41. The quantitative estimate of drug-likeness (QED) is 0.873. The van der Waals surface area contributed by atoms with Crippen LogP contribution in [0.2, 0.25) is 0 Å². The summed E-state index contributed by atoms with van der Waals surface area (Å²) in [5, 5.41) is 2.97. The molecule has 1 aromatic carbocycles. The number of rotatable bonds is 3. The van der Waals surface area contributed by atoms with Crippen molar-refractivity contribution in [2.75, 3.05) is 11.1 Å². The van der Waals surface area contributed by atoms with Gasteiger partial charge in [-0.3, -0.25) is 0 Å². The Balaban J connectivity index is 2.15. The number of hydrogen-bond acceptors (Lipinski definition) is 4. The molecular weight excluding hydrogens is 231 g/mol. The van der Waals surface area contributed by atoms with Crippen LogP contribution in [0.3, 0.4) is 0 Å². The van der Waals surface area contributed by atoms with Crippen LogP contribution in [0.15, 0.2) is 30.5 Å². The lowest BCUT2D eigenvalue weighted by atomic mass is 10.0. The molecule has 0 aliphatic rings. The van der Waals surface area contributed by atoms with Crippen molar-refractivity contribution in [2.24, 2.45) is 0 Å². The first kappa shape index (κ1) is 12.3. The molecule has 2 aromatic rings. The first-order chi connectivity index (χ1) is 8.56. The van der Waals surface area contributed by atoms with E-state index in [9.17, 15) is 4.39 Å². The predicted octanol–water partition coefficient (Wildman–Crippen LogP) is 3.06. The third kappa shape index (κ3) is 2.74. The normalized spacial score (nSPS) is 10.7. The lowest BCUT2D eigenvalue weighted by Crippen LogP contribution is -2.02. The first-order valence-corrected chi connectivity index (χ1v) is 5.71. The minimum atomic E-state index is -0.615. The molecule has 0 fully saturated rings. The summed E-state index contributed by atoms with van der Waals surface area (Å²) in [6, 6.07) is 7.91. The van der Waals surface area contributed by atoms with Crippen LogP contribution < -0.4 is 11.1 Å². The molecule has 0 aliphatic carbocycles. The Hall–Kier alpha value is -2.17. The fourth-order valence-corrected chi connectivity index (χ4v) is 1.52. The monoisotopic (exact) mass is 246 g/mol. The van der Waals surface area contributed by atoms with E-state index in [0.717, 1.165) is 11.9 Å². The molecule has 4 nitrogen and oxygen atoms in total. The minimum Gasteiger partial charge on any atom is -0.381 e. The Labute approximate surface area is 105 Å². The number of nitrogens with two attached hydrogens (primary N) is 1. The van der Waals surface area contributed by atoms with Gasteiger partial charge in [0.05, 0.1) is 6.20 Å². The van der Waals surface area contributed by atoms with Crippen molar-refractivity contribution >= 4 is 17.5 Å². The van der Waals surface area contributed by atoms with E-state index in [1.165, 1.54) is 5.56 Å². The Morgan fingerprint density at radius 1 is 1.22 bits per heavy atom. The molecule has 0 spiro atoms. The molecule has 0 amide bonds. The summed E-state index contributed by atoms with van der Waals surface area (Å²) in [6.45, 7) is 4.26. The van der Waals surface area contributed by atoms with Crippen molar-refractivity contribution in [3.05, 3.63) is 41.8 Å². The van der Waals surface area contributed by atoms with Crippen LogP contribution in [-0.2, 0) is 0 Å². The second-order valence-electron chi connectivity index (χ2n) is 4.33. The van der Waals surface area contributed by atoms with E-state index in [4.69, 9.17) is 5.73 Å². The van der Waals surface area contributed by atoms with Crippen LogP contribution in [0.25, 0.3) is 0 Å². The van der Waals surface area contributed by atoms with Crippen molar-refractivity contribution < 1.29 is 4.39 Å². The Morgan fingerprint density at radius 3 is 2.44 bits per heavy atom. The maximum absolute atomic E-state index is 12.9. The molecule has 2 rings (SSSR count). The minimum absolute atomic E-state index is 0.161. The highest BCUT2D eigenvalue weighted by Crippen LogP contribution is 2.19. The van der Waals surface area contributed by atoms with Gasteiger partial charge in [0.2, 0.25) is 5.95 Å². The van der Waals surface area contributed by atoms with E-state index in [1.54, 1.807) is 0 Å². The average molecular weight is 246 g/mol. The van der Waals surface area contributed by atoms with Gasteiger partial charge in [-0.2, -0.15) is 4.98 Å². The lowest BCUT2D eigenvalue weighted by molar-refractivity contribution is 0.620. The van der Waals surface area contributed by atoms with Gasteiger partial charge in [0.25, 0.3) is 0 Å². The van der Waals surface area contributed by atoms with Crippen LogP contribution in [-0.4, -0.2) is 9.97 Å². The Morgan fingerprint density at radius 2 is 1.89 bits per heavy atom. The van der Waals surface area contributed by atoms with Gasteiger partial charge in [0.1, 0.15) is 0 Å². The molecule has 5 heteroatoms. The highest BCUT2D eigenvalue weighted by atomic mass is 19.1. The first-order valence-electron chi connectivity index (χ1n) is 5.71. The van der Waals surface area contributed by atoms with E-state index >= 15 is 0 Å². The highest BCUT2D eigenvalue weighted by molar-refractivity contribution is 5.54. The lowest BCUT2D eigenvalue weighted by Gasteiger charge is -2.08. The number of aromatic nitrogens is 2. The van der Waals surface area contributed by atoms with Crippen molar-refractivity contribution in [3.63, 3.8) is 0 Å². The van der Waals surface area contributed by atoms with Gasteiger partial charge in [-0.15, -0.1) is 0 Å². The van der Waals surface area contributed by atoms with Gasteiger partial charge in [-0.1, -0.05) is 26.0 Å². The standard InChI is InChI=1S/C13H15FN4/c1-8(2)9-3-5-10(6-4-9)17-13-16-7-11(14)12(15)18-13/h3-8H,1-2H3,(H3,15,16,17,18). The van der Waals surface area contributed by atoms with E-state index in [0.29, 0.717) is 5.92 Å². The van der Waals surface area contributed by atoms with E-state index in [2.05, 4.69) is 29.1 Å². The van der Waals surface area contributed by atoms with Crippen LogP contribution in [0.5, 0.6) is 0 Å².